The number of nitrogens with two attached hydrogens (primary N) is 1. The Kier molecular flexibility index (Phi) is 4.08. The highest BCUT2D eigenvalue weighted by atomic mass is 19.1. The van der Waals surface area contributed by atoms with Crippen LogP contribution in [0.15, 0.2) is 42.7 Å². The summed E-state index contributed by atoms with van der Waals surface area (Å²) >= 11 is 0. The molecule has 0 saturated carbocycles. The number of amides is 1. The van der Waals surface area contributed by atoms with E-state index in [-0.39, 0.29) is 23.7 Å². The number of nitrogens with zero attached hydrogens (tertiary/aromatic N) is 4. The molecule has 0 radical (unpaired) electrons. The van der Waals surface area contributed by atoms with Gasteiger partial charge in [0.1, 0.15) is 11.5 Å². The minimum atomic E-state index is -0.345. The van der Waals surface area contributed by atoms with Crippen LogP contribution in [-0.4, -0.2) is 37.5 Å². The van der Waals surface area contributed by atoms with Crippen molar-refractivity contribution >= 4 is 11.9 Å². The predicted octanol–water partition coefficient (Wildman–Crippen LogP) is 2.57. The van der Waals surface area contributed by atoms with Crippen molar-refractivity contribution in [3.63, 3.8) is 0 Å². The molecule has 1 aliphatic rings. The van der Waals surface area contributed by atoms with Crippen LogP contribution in [0.1, 0.15) is 35.1 Å². The summed E-state index contributed by atoms with van der Waals surface area (Å²) in [6, 6.07) is 7.61. The van der Waals surface area contributed by atoms with Gasteiger partial charge in [0.2, 0.25) is 5.95 Å². The summed E-state index contributed by atoms with van der Waals surface area (Å²) in [6.45, 7) is 0.606. The molecule has 3 N–H and O–H groups in total. The van der Waals surface area contributed by atoms with Crippen LogP contribution < -0.4 is 5.73 Å². The molecule has 1 aromatic carbocycles. The molecule has 3 aromatic rings. The number of H-pyrrole nitrogens is 1. The van der Waals surface area contributed by atoms with Gasteiger partial charge in [-0.3, -0.25) is 9.89 Å². The quantitative estimate of drug-likeness (QED) is 0.754. The topological polar surface area (TPSA) is 101 Å². The number of likely N-dealkylation sites (tertiary alicyclic amines) is 1. The smallest absolute Gasteiger partial charge is 0.272 e. The normalized spacial score (nSPS) is 16.8. The van der Waals surface area contributed by atoms with Crippen molar-refractivity contribution in [2.45, 2.75) is 18.9 Å². The number of hydrogen-bond donors (Lipinski definition) is 2. The lowest BCUT2D eigenvalue weighted by Gasteiger charge is -2.25. The average Bonchev–Trinajstić information content (AvgIpc) is 3.33. The van der Waals surface area contributed by atoms with Gasteiger partial charge < -0.3 is 10.6 Å². The van der Waals surface area contributed by atoms with E-state index in [9.17, 15) is 9.18 Å². The zero-order valence-electron chi connectivity index (χ0n) is 13.9. The highest BCUT2D eigenvalue weighted by Crippen LogP contribution is 2.37. The first-order valence-corrected chi connectivity index (χ1v) is 8.32. The van der Waals surface area contributed by atoms with Gasteiger partial charge in [-0.05, 0) is 36.6 Å². The standard InChI is InChI=1S/C18H17FN6O/c19-12-4-1-3-11(9-12)13-10-21-18(20)23-16(13)15-5-2-8-25(15)17(26)14-6-7-22-24-14/h1,3-4,6-7,9-10,15H,2,5,8H2,(H,22,24)(H2,20,21,23). The Labute approximate surface area is 149 Å². The molecule has 1 aliphatic heterocycles. The van der Waals surface area contributed by atoms with Gasteiger partial charge in [0.25, 0.3) is 5.91 Å². The molecule has 1 atom stereocenters. The largest absolute Gasteiger partial charge is 0.368 e. The number of carbonyl (C=O) groups is 1. The van der Waals surface area contributed by atoms with E-state index in [0.717, 1.165) is 12.8 Å². The molecule has 7 nitrogen and oxygen atoms in total. The van der Waals surface area contributed by atoms with Crippen molar-refractivity contribution in [2.24, 2.45) is 0 Å². The van der Waals surface area contributed by atoms with Crippen LogP contribution in [0.5, 0.6) is 0 Å². The lowest BCUT2D eigenvalue weighted by Crippen LogP contribution is -2.31. The van der Waals surface area contributed by atoms with E-state index in [2.05, 4.69) is 20.2 Å². The van der Waals surface area contributed by atoms with Gasteiger partial charge in [-0.2, -0.15) is 5.10 Å². The second-order valence-electron chi connectivity index (χ2n) is 6.16. The minimum Gasteiger partial charge on any atom is -0.368 e. The van der Waals surface area contributed by atoms with Gasteiger partial charge in [0.05, 0.1) is 11.7 Å². The molecule has 4 rings (SSSR count). The first-order valence-electron chi connectivity index (χ1n) is 8.32. The highest BCUT2D eigenvalue weighted by Gasteiger charge is 2.34. The van der Waals surface area contributed by atoms with Crippen LogP contribution in [0.2, 0.25) is 0 Å². The van der Waals surface area contributed by atoms with Crippen molar-refractivity contribution in [3.05, 3.63) is 59.9 Å². The first-order chi connectivity index (χ1) is 12.6. The summed E-state index contributed by atoms with van der Waals surface area (Å²) < 4.78 is 13.7. The van der Waals surface area contributed by atoms with E-state index in [0.29, 0.717) is 29.1 Å². The summed E-state index contributed by atoms with van der Waals surface area (Å²) in [5.74, 6) is -0.365. The van der Waals surface area contributed by atoms with Crippen LogP contribution >= 0.6 is 0 Å². The van der Waals surface area contributed by atoms with Crippen molar-refractivity contribution in [3.8, 4) is 11.1 Å². The monoisotopic (exact) mass is 352 g/mol. The van der Waals surface area contributed by atoms with Crippen LogP contribution in [0.4, 0.5) is 10.3 Å². The molecule has 26 heavy (non-hydrogen) atoms. The van der Waals surface area contributed by atoms with Crippen molar-refractivity contribution in [1.29, 1.82) is 0 Å². The molecule has 2 aromatic heterocycles. The molecular formula is C18H17FN6O. The first kappa shape index (κ1) is 16.2. The van der Waals surface area contributed by atoms with Gasteiger partial charge in [0.15, 0.2) is 0 Å². The van der Waals surface area contributed by atoms with Gasteiger partial charge in [0, 0.05) is 24.5 Å². The van der Waals surface area contributed by atoms with E-state index >= 15 is 0 Å². The Morgan fingerprint density at radius 3 is 3.00 bits per heavy atom. The third kappa shape index (κ3) is 2.90. The Bertz CT molecular complexity index is 943. The summed E-state index contributed by atoms with van der Waals surface area (Å²) in [5.41, 5.74) is 8.19. The molecule has 0 aliphatic carbocycles. The highest BCUT2D eigenvalue weighted by molar-refractivity contribution is 5.92. The number of carbonyl (C=O) groups excluding carboxylic acids is 1. The van der Waals surface area contributed by atoms with Crippen molar-refractivity contribution in [2.75, 3.05) is 12.3 Å². The molecule has 1 unspecified atom stereocenters. The number of benzene rings is 1. The zero-order chi connectivity index (χ0) is 18.1. The maximum atomic E-state index is 13.7. The number of nitrogens with one attached hydrogen (secondary N) is 1. The fourth-order valence-electron chi connectivity index (χ4n) is 3.37. The summed E-state index contributed by atoms with van der Waals surface area (Å²) in [5, 5.41) is 6.54. The Hall–Kier alpha value is -3.29. The molecule has 3 heterocycles. The fraction of sp³-hybridized carbons (Fsp3) is 0.222. The summed E-state index contributed by atoms with van der Waals surface area (Å²) in [6.07, 6.45) is 4.72. The lowest BCUT2D eigenvalue weighted by atomic mass is 9.99. The molecule has 1 saturated heterocycles. The van der Waals surface area contributed by atoms with E-state index in [1.807, 2.05) is 0 Å². The molecule has 1 fully saturated rings. The Morgan fingerprint density at radius 1 is 1.35 bits per heavy atom. The van der Waals surface area contributed by atoms with E-state index in [1.165, 1.54) is 12.1 Å². The van der Waals surface area contributed by atoms with Gasteiger partial charge in [-0.1, -0.05) is 12.1 Å². The van der Waals surface area contributed by atoms with Gasteiger partial charge in [-0.15, -0.1) is 0 Å². The predicted molar refractivity (Wildman–Crippen MR) is 93.4 cm³/mol. The number of hydrogen-bond acceptors (Lipinski definition) is 5. The number of rotatable bonds is 3. The van der Waals surface area contributed by atoms with E-state index < -0.39 is 0 Å². The molecule has 132 valence electrons. The summed E-state index contributed by atoms with van der Waals surface area (Å²) in [7, 11) is 0. The second-order valence-corrected chi connectivity index (χ2v) is 6.16. The van der Waals surface area contributed by atoms with E-state index in [1.54, 1.807) is 35.5 Å². The third-order valence-corrected chi connectivity index (χ3v) is 4.53. The average molecular weight is 352 g/mol. The van der Waals surface area contributed by atoms with Gasteiger partial charge >= 0.3 is 0 Å². The van der Waals surface area contributed by atoms with Crippen molar-refractivity contribution in [1.82, 2.24) is 25.1 Å². The SMILES string of the molecule is Nc1ncc(-c2cccc(F)c2)c(C2CCCN2C(=O)c2ccn[nH]2)n1. The zero-order valence-corrected chi connectivity index (χ0v) is 13.9. The van der Waals surface area contributed by atoms with Crippen LogP contribution in [0.25, 0.3) is 11.1 Å². The van der Waals surface area contributed by atoms with Crippen LogP contribution in [0.3, 0.4) is 0 Å². The lowest BCUT2D eigenvalue weighted by molar-refractivity contribution is 0.0727. The molecule has 1 amide bonds. The second kappa shape index (κ2) is 6.55. The van der Waals surface area contributed by atoms with Crippen LogP contribution in [0, 0.1) is 5.82 Å². The molecule has 0 spiro atoms. The molecule has 0 bridgehead atoms. The number of aromatic amines is 1. The number of halogens is 1. The van der Waals surface area contributed by atoms with Crippen LogP contribution in [-0.2, 0) is 0 Å². The maximum absolute atomic E-state index is 13.7. The summed E-state index contributed by atoms with van der Waals surface area (Å²) in [4.78, 5) is 23.0. The number of nitrogen functional groups attached to an aromatic ring is 1. The third-order valence-electron chi connectivity index (χ3n) is 4.53. The molecular weight excluding hydrogens is 335 g/mol. The Balaban J connectivity index is 1.77. The molecule has 8 heteroatoms. The Morgan fingerprint density at radius 2 is 2.23 bits per heavy atom. The number of anilines is 1. The van der Waals surface area contributed by atoms with Gasteiger partial charge in [-0.25, -0.2) is 14.4 Å². The van der Waals surface area contributed by atoms with Crippen molar-refractivity contribution < 1.29 is 9.18 Å². The minimum absolute atomic E-state index is 0.126. The van der Waals surface area contributed by atoms with E-state index in [4.69, 9.17) is 5.73 Å². The maximum Gasteiger partial charge on any atom is 0.272 e. The fourth-order valence-corrected chi connectivity index (χ4v) is 3.37. The number of aromatic nitrogens is 4.